The fourth-order valence-corrected chi connectivity index (χ4v) is 4.65. The predicted octanol–water partition coefficient (Wildman–Crippen LogP) is 3.49. The van der Waals surface area contributed by atoms with Crippen LogP contribution in [0.5, 0.6) is 5.75 Å². The van der Waals surface area contributed by atoms with Crippen LogP contribution in [-0.4, -0.2) is 52.0 Å². The van der Waals surface area contributed by atoms with Crippen LogP contribution in [0.3, 0.4) is 0 Å². The summed E-state index contributed by atoms with van der Waals surface area (Å²) in [6.45, 7) is 1.73. The molecule has 1 aliphatic heterocycles. The maximum Gasteiger partial charge on any atom is 0.261 e. The van der Waals surface area contributed by atoms with E-state index in [0.717, 1.165) is 12.1 Å². The van der Waals surface area contributed by atoms with Crippen molar-refractivity contribution in [1.82, 2.24) is 4.90 Å². The lowest BCUT2D eigenvalue weighted by Crippen LogP contribution is -2.50. The zero-order valence-corrected chi connectivity index (χ0v) is 19.0. The summed E-state index contributed by atoms with van der Waals surface area (Å²) in [5, 5.41) is 0. The first kappa shape index (κ1) is 23.5. The van der Waals surface area contributed by atoms with Crippen LogP contribution in [0, 0.1) is 11.6 Å². The van der Waals surface area contributed by atoms with Crippen molar-refractivity contribution in [2.45, 2.75) is 4.90 Å². The molecule has 1 aliphatic rings. The van der Waals surface area contributed by atoms with Gasteiger partial charge >= 0.3 is 0 Å². The fraction of sp³-hybridized carbons (Fsp3) is 0.208. The Morgan fingerprint density at radius 3 is 2.18 bits per heavy atom. The van der Waals surface area contributed by atoms with E-state index in [1.165, 1.54) is 42.5 Å². The number of rotatable bonds is 7. The highest BCUT2D eigenvalue weighted by atomic mass is 32.2. The summed E-state index contributed by atoms with van der Waals surface area (Å²) in [5.41, 5.74) is 0.761. The lowest BCUT2D eigenvalue weighted by molar-refractivity contribution is -0.133. The van der Waals surface area contributed by atoms with Gasteiger partial charge in [0.1, 0.15) is 17.4 Å². The number of sulfonamides is 1. The Balaban J connectivity index is 1.28. The molecule has 1 saturated heterocycles. The van der Waals surface area contributed by atoms with Crippen molar-refractivity contribution in [1.29, 1.82) is 0 Å². The molecule has 10 heteroatoms. The summed E-state index contributed by atoms with van der Waals surface area (Å²) in [6.07, 6.45) is 0. The van der Waals surface area contributed by atoms with Crippen molar-refractivity contribution in [2.75, 3.05) is 42.4 Å². The Labute approximate surface area is 196 Å². The molecule has 0 atom stereocenters. The minimum absolute atomic E-state index is 0.000215. The number of para-hydroxylation sites is 1. The van der Waals surface area contributed by atoms with Crippen molar-refractivity contribution in [3.05, 3.63) is 84.4 Å². The minimum Gasteiger partial charge on any atom is -0.484 e. The molecule has 1 N–H and O–H groups in total. The van der Waals surface area contributed by atoms with Crippen molar-refractivity contribution in [3.8, 4) is 5.75 Å². The molecule has 1 fully saturated rings. The maximum atomic E-state index is 14.0. The second-order valence-electron chi connectivity index (χ2n) is 7.69. The molecule has 4 rings (SSSR count). The van der Waals surface area contributed by atoms with E-state index in [2.05, 4.69) is 4.72 Å². The van der Waals surface area contributed by atoms with Gasteiger partial charge in [0.15, 0.2) is 6.61 Å². The summed E-state index contributed by atoms with van der Waals surface area (Å²) in [4.78, 5) is 16.1. The lowest BCUT2D eigenvalue weighted by Gasteiger charge is -2.36. The Kier molecular flexibility index (Phi) is 6.97. The van der Waals surface area contributed by atoms with E-state index < -0.39 is 15.8 Å². The molecule has 0 saturated carbocycles. The van der Waals surface area contributed by atoms with E-state index in [4.69, 9.17) is 4.74 Å². The van der Waals surface area contributed by atoms with Crippen LogP contribution >= 0.6 is 0 Å². The third-order valence-electron chi connectivity index (χ3n) is 5.42. The van der Waals surface area contributed by atoms with Gasteiger partial charge < -0.3 is 14.5 Å². The predicted molar refractivity (Wildman–Crippen MR) is 124 cm³/mol. The van der Waals surface area contributed by atoms with Gasteiger partial charge in [-0.05, 0) is 60.7 Å². The molecule has 178 valence electrons. The number of nitrogens with zero attached hydrogens (tertiary/aromatic N) is 2. The highest BCUT2D eigenvalue weighted by molar-refractivity contribution is 7.92. The summed E-state index contributed by atoms with van der Waals surface area (Å²) in [7, 11) is -3.86. The normalized spacial score (nSPS) is 14.1. The van der Waals surface area contributed by atoms with E-state index in [0.29, 0.717) is 37.6 Å². The van der Waals surface area contributed by atoms with Crippen LogP contribution in [0.15, 0.2) is 77.7 Å². The molecule has 0 bridgehead atoms. The average Bonchev–Trinajstić information content (AvgIpc) is 2.84. The van der Waals surface area contributed by atoms with E-state index in [1.54, 1.807) is 23.1 Å². The van der Waals surface area contributed by atoms with Crippen LogP contribution in [-0.2, 0) is 14.8 Å². The van der Waals surface area contributed by atoms with E-state index in [-0.39, 0.29) is 28.9 Å². The molecule has 7 nitrogen and oxygen atoms in total. The van der Waals surface area contributed by atoms with Gasteiger partial charge in [0.2, 0.25) is 0 Å². The van der Waals surface area contributed by atoms with Gasteiger partial charge in [-0.1, -0.05) is 12.1 Å². The smallest absolute Gasteiger partial charge is 0.261 e. The molecule has 0 spiro atoms. The number of carbonyl (C=O) groups excluding carboxylic acids is 1. The third kappa shape index (κ3) is 5.63. The summed E-state index contributed by atoms with van der Waals surface area (Å²) in [6, 6.07) is 17.2. The van der Waals surface area contributed by atoms with Crippen molar-refractivity contribution in [2.24, 2.45) is 0 Å². The van der Waals surface area contributed by atoms with Crippen molar-refractivity contribution >= 4 is 27.3 Å². The lowest BCUT2D eigenvalue weighted by atomic mass is 10.2. The molecular formula is C24H23F2N3O4S. The highest BCUT2D eigenvalue weighted by Crippen LogP contribution is 2.21. The van der Waals surface area contributed by atoms with Gasteiger partial charge in [-0.3, -0.25) is 9.52 Å². The number of amides is 1. The van der Waals surface area contributed by atoms with Crippen LogP contribution < -0.4 is 14.4 Å². The molecule has 34 heavy (non-hydrogen) atoms. The topological polar surface area (TPSA) is 78.9 Å². The Bertz CT molecular complexity index is 1240. The molecular weight excluding hydrogens is 464 g/mol. The Morgan fingerprint density at radius 1 is 0.882 bits per heavy atom. The van der Waals surface area contributed by atoms with Crippen molar-refractivity contribution < 1.29 is 26.7 Å². The zero-order chi connectivity index (χ0) is 24.1. The first-order valence-corrected chi connectivity index (χ1v) is 12.1. The van der Waals surface area contributed by atoms with Crippen molar-refractivity contribution in [3.63, 3.8) is 0 Å². The van der Waals surface area contributed by atoms with E-state index >= 15 is 0 Å². The van der Waals surface area contributed by atoms with Crippen LogP contribution in [0.2, 0.25) is 0 Å². The van der Waals surface area contributed by atoms with E-state index in [1.807, 2.05) is 4.90 Å². The molecule has 0 aliphatic carbocycles. The summed E-state index contributed by atoms with van der Waals surface area (Å²) < 4.78 is 59.8. The van der Waals surface area contributed by atoms with Crippen LogP contribution in [0.25, 0.3) is 0 Å². The largest absolute Gasteiger partial charge is 0.484 e. The average molecular weight is 488 g/mol. The molecule has 3 aromatic rings. The van der Waals surface area contributed by atoms with Gasteiger partial charge in [0, 0.05) is 31.9 Å². The number of ether oxygens (including phenoxy) is 1. The molecule has 3 aromatic carbocycles. The fourth-order valence-electron chi connectivity index (χ4n) is 3.59. The van der Waals surface area contributed by atoms with Gasteiger partial charge in [0.05, 0.1) is 10.6 Å². The van der Waals surface area contributed by atoms with Gasteiger partial charge in [-0.15, -0.1) is 0 Å². The molecule has 0 radical (unpaired) electrons. The number of nitrogens with one attached hydrogen (secondary N) is 1. The van der Waals surface area contributed by atoms with Crippen LogP contribution in [0.4, 0.5) is 20.2 Å². The van der Waals surface area contributed by atoms with Gasteiger partial charge in [-0.25, -0.2) is 17.2 Å². The maximum absolute atomic E-state index is 14.0. The second kappa shape index (κ2) is 10.1. The number of benzene rings is 3. The number of anilines is 2. The van der Waals surface area contributed by atoms with E-state index in [9.17, 15) is 22.0 Å². The quantitative estimate of drug-likeness (QED) is 0.552. The number of piperazine rings is 1. The standard InChI is InChI=1S/C24H23F2N3O4S/c25-18-5-7-19(8-6-18)27-34(31,32)21-11-9-20(10-12-21)33-17-24(30)29-15-13-28(14-16-29)23-4-2-1-3-22(23)26/h1-12,27H,13-17H2. The minimum atomic E-state index is -3.86. The number of halogens is 2. The zero-order valence-electron chi connectivity index (χ0n) is 18.2. The number of hydrogen-bond acceptors (Lipinski definition) is 5. The molecule has 1 heterocycles. The Morgan fingerprint density at radius 2 is 1.53 bits per heavy atom. The summed E-state index contributed by atoms with van der Waals surface area (Å²) >= 11 is 0. The summed E-state index contributed by atoms with van der Waals surface area (Å²) in [5.74, 6) is -0.614. The molecule has 1 amide bonds. The second-order valence-corrected chi connectivity index (χ2v) is 9.37. The van der Waals surface area contributed by atoms with Gasteiger partial charge in [0.25, 0.3) is 15.9 Å². The first-order valence-electron chi connectivity index (χ1n) is 10.6. The number of hydrogen-bond donors (Lipinski definition) is 1. The van der Waals surface area contributed by atoms with Gasteiger partial charge in [-0.2, -0.15) is 0 Å². The first-order chi connectivity index (χ1) is 16.3. The van der Waals surface area contributed by atoms with Crippen LogP contribution in [0.1, 0.15) is 0 Å². The SMILES string of the molecule is O=C(COc1ccc(S(=O)(=O)Nc2ccc(F)cc2)cc1)N1CCN(c2ccccc2F)CC1. The monoisotopic (exact) mass is 487 g/mol. The molecule has 0 aromatic heterocycles. The highest BCUT2D eigenvalue weighted by Gasteiger charge is 2.23. The third-order valence-corrected chi connectivity index (χ3v) is 6.82. The Hall–Kier alpha value is -3.66. The molecule has 0 unspecified atom stereocenters. The number of carbonyl (C=O) groups is 1.